The van der Waals surface area contributed by atoms with Crippen LogP contribution in [0.5, 0.6) is 5.75 Å². The van der Waals surface area contributed by atoms with Crippen LogP contribution in [0, 0.1) is 5.92 Å². The van der Waals surface area contributed by atoms with Crippen molar-refractivity contribution in [3.8, 4) is 5.75 Å². The molecule has 1 aliphatic heterocycles. The molecule has 2 atom stereocenters. The van der Waals surface area contributed by atoms with E-state index in [4.69, 9.17) is 4.74 Å². The molecular weight excluding hydrogens is 362 g/mol. The number of aromatic amines is 1. The third kappa shape index (κ3) is 4.62. The summed E-state index contributed by atoms with van der Waals surface area (Å²) in [6, 6.07) is 16.4. The van der Waals surface area contributed by atoms with Gasteiger partial charge in [-0.2, -0.15) is 0 Å². The zero-order chi connectivity index (χ0) is 20.1. The Morgan fingerprint density at radius 2 is 2.03 bits per heavy atom. The Balaban J connectivity index is 1.50. The fraction of sp³-hybridized carbons (Fsp3) is 0.375. The normalized spacial score (nSPS) is 17.3. The second-order valence-electron chi connectivity index (χ2n) is 7.82. The highest BCUT2D eigenvalue weighted by atomic mass is 16.5. The van der Waals surface area contributed by atoms with Crippen LogP contribution in [-0.4, -0.2) is 37.6 Å². The molecule has 3 N–H and O–H groups in total. The first kappa shape index (κ1) is 19.5. The molecule has 5 heteroatoms. The quantitative estimate of drug-likeness (QED) is 0.547. The maximum absolute atomic E-state index is 12.5. The third-order valence-corrected chi connectivity index (χ3v) is 5.96. The number of benzene rings is 2. The summed E-state index contributed by atoms with van der Waals surface area (Å²) < 4.78 is 5.31. The van der Waals surface area contributed by atoms with Crippen molar-refractivity contribution in [1.82, 2.24) is 15.6 Å². The zero-order valence-electron chi connectivity index (χ0n) is 16.9. The number of rotatable bonds is 8. The average Bonchev–Trinajstić information content (AvgIpc) is 3.43. The first-order valence-corrected chi connectivity index (χ1v) is 10.4. The summed E-state index contributed by atoms with van der Waals surface area (Å²) in [5.41, 5.74) is 3.47. The maximum atomic E-state index is 12.5. The second kappa shape index (κ2) is 9.14. The van der Waals surface area contributed by atoms with Crippen molar-refractivity contribution in [3.05, 3.63) is 65.9 Å². The lowest BCUT2D eigenvalue weighted by molar-refractivity contribution is -0.121. The van der Waals surface area contributed by atoms with E-state index < -0.39 is 0 Å². The predicted molar refractivity (Wildman–Crippen MR) is 116 cm³/mol. The van der Waals surface area contributed by atoms with E-state index in [0.717, 1.165) is 36.3 Å². The highest BCUT2D eigenvalue weighted by Gasteiger charge is 2.20. The molecule has 1 aliphatic rings. The van der Waals surface area contributed by atoms with E-state index in [2.05, 4.69) is 52.1 Å². The number of methoxy groups -OCH3 is 1. The second-order valence-corrected chi connectivity index (χ2v) is 7.82. The predicted octanol–water partition coefficient (Wildman–Crippen LogP) is 3.81. The number of carbonyl (C=O) groups is 1. The monoisotopic (exact) mass is 391 g/mol. The van der Waals surface area contributed by atoms with E-state index in [-0.39, 0.29) is 11.8 Å². The molecule has 1 amide bonds. The van der Waals surface area contributed by atoms with Crippen molar-refractivity contribution < 1.29 is 9.53 Å². The van der Waals surface area contributed by atoms with E-state index in [1.807, 2.05) is 18.2 Å². The maximum Gasteiger partial charge on any atom is 0.220 e. The number of hydrogen-bond donors (Lipinski definition) is 3. The van der Waals surface area contributed by atoms with Gasteiger partial charge in [-0.15, -0.1) is 0 Å². The number of carbonyl (C=O) groups excluding carboxylic acids is 1. The van der Waals surface area contributed by atoms with Gasteiger partial charge in [0.25, 0.3) is 0 Å². The van der Waals surface area contributed by atoms with Crippen molar-refractivity contribution in [1.29, 1.82) is 0 Å². The smallest absolute Gasteiger partial charge is 0.220 e. The molecule has 152 valence electrons. The third-order valence-electron chi connectivity index (χ3n) is 5.96. The fourth-order valence-electron chi connectivity index (χ4n) is 4.23. The summed E-state index contributed by atoms with van der Waals surface area (Å²) in [6.07, 6.45) is 4.79. The van der Waals surface area contributed by atoms with Crippen LogP contribution in [0.4, 0.5) is 0 Å². The number of aromatic nitrogens is 1. The minimum atomic E-state index is 0.0779. The number of H-pyrrole nitrogens is 1. The van der Waals surface area contributed by atoms with Gasteiger partial charge in [-0.1, -0.05) is 30.3 Å². The van der Waals surface area contributed by atoms with Crippen LogP contribution in [0.2, 0.25) is 0 Å². The molecule has 0 bridgehead atoms. The Hall–Kier alpha value is -2.79. The molecule has 2 unspecified atom stereocenters. The van der Waals surface area contributed by atoms with Gasteiger partial charge in [0.05, 0.1) is 7.11 Å². The van der Waals surface area contributed by atoms with Crippen LogP contribution in [0.25, 0.3) is 10.9 Å². The van der Waals surface area contributed by atoms with Gasteiger partial charge >= 0.3 is 0 Å². The van der Waals surface area contributed by atoms with Crippen molar-refractivity contribution in [2.75, 3.05) is 26.7 Å². The summed E-state index contributed by atoms with van der Waals surface area (Å²) in [5, 5.41) is 7.74. The lowest BCUT2D eigenvalue weighted by Gasteiger charge is -2.19. The minimum Gasteiger partial charge on any atom is -0.497 e. The van der Waals surface area contributed by atoms with E-state index in [1.54, 1.807) is 7.11 Å². The molecule has 1 saturated heterocycles. The van der Waals surface area contributed by atoms with Gasteiger partial charge in [0.15, 0.2) is 0 Å². The van der Waals surface area contributed by atoms with Crippen molar-refractivity contribution in [2.24, 2.45) is 5.92 Å². The first-order chi connectivity index (χ1) is 14.2. The van der Waals surface area contributed by atoms with Crippen LogP contribution < -0.4 is 15.4 Å². The van der Waals surface area contributed by atoms with Gasteiger partial charge in [-0.25, -0.2) is 0 Å². The molecule has 5 nitrogen and oxygen atoms in total. The number of ether oxygens (including phenoxy) is 1. The molecule has 2 aromatic carbocycles. The standard InChI is InChI=1S/C24H29N3O2/c1-29-19-9-7-18(8-10-19)21(22-16-26-23-5-3-2-4-20(22)23)15-27-24(28)11-6-17-12-13-25-14-17/h2-5,7-10,16-17,21,25-26H,6,11-15H2,1H3,(H,27,28). The van der Waals surface area contributed by atoms with Gasteiger partial charge in [-0.3, -0.25) is 4.79 Å². The first-order valence-electron chi connectivity index (χ1n) is 10.4. The molecule has 0 radical (unpaired) electrons. The van der Waals surface area contributed by atoms with Crippen LogP contribution in [0.3, 0.4) is 0 Å². The van der Waals surface area contributed by atoms with Gasteiger partial charge < -0.3 is 20.4 Å². The fourth-order valence-corrected chi connectivity index (χ4v) is 4.23. The van der Waals surface area contributed by atoms with Gasteiger partial charge in [0.2, 0.25) is 5.91 Å². The number of nitrogens with one attached hydrogen (secondary N) is 3. The lowest BCUT2D eigenvalue weighted by atomic mass is 9.90. The van der Waals surface area contributed by atoms with Crippen molar-refractivity contribution in [3.63, 3.8) is 0 Å². The molecule has 0 saturated carbocycles. The van der Waals surface area contributed by atoms with E-state index in [9.17, 15) is 4.79 Å². The Morgan fingerprint density at radius 1 is 1.21 bits per heavy atom. The summed E-state index contributed by atoms with van der Waals surface area (Å²) in [7, 11) is 1.67. The van der Waals surface area contributed by atoms with Gasteiger partial charge in [-0.05, 0) is 61.2 Å². The SMILES string of the molecule is COc1ccc(C(CNC(=O)CCC2CCNC2)c2c[nH]c3ccccc23)cc1. The van der Waals surface area contributed by atoms with E-state index in [1.165, 1.54) is 17.4 Å². The Morgan fingerprint density at radius 3 is 2.79 bits per heavy atom. The molecule has 2 heterocycles. The number of fused-ring (bicyclic) bond motifs is 1. The minimum absolute atomic E-state index is 0.0779. The van der Waals surface area contributed by atoms with Crippen LogP contribution in [0.15, 0.2) is 54.7 Å². The highest BCUT2D eigenvalue weighted by Crippen LogP contribution is 2.31. The average molecular weight is 392 g/mol. The van der Waals surface area contributed by atoms with Crippen molar-refractivity contribution in [2.45, 2.75) is 25.2 Å². The molecule has 1 fully saturated rings. The lowest BCUT2D eigenvalue weighted by Crippen LogP contribution is -2.29. The van der Waals surface area contributed by atoms with Crippen LogP contribution >= 0.6 is 0 Å². The molecule has 3 aromatic rings. The number of amides is 1. The number of hydrogen-bond acceptors (Lipinski definition) is 3. The Kier molecular flexibility index (Phi) is 6.15. The largest absolute Gasteiger partial charge is 0.497 e. The topological polar surface area (TPSA) is 66.2 Å². The Labute approximate surface area is 171 Å². The van der Waals surface area contributed by atoms with Gasteiger partial charge in [0, 0.05) is 36.0 Å². The molecule has 1 aromatic heterocycles. The molecule has 4 rings (SSSR count). The summed E-state index contributed by atoms with van der Waals surface area (Å²) >= 11 is 0. The molecule has 0 aliphatic carbocycles. The molecular formula is C24H29N3O2. The molecule has 29 heavy (non-hydrogen) atoms. The zero-order valence-corrected chi connectivity index (χ0v) is 16.9. The van der Waals surface area contributed by atoms with E-state index >= 15 is 0 Å². The van der Waals surface area contributed by atoms with Crippen LogP contribution in [-0.2, 0) is 4.79 Å². The summed E-state index contributed by atoms with van der Waals surface area (Å²) in [5.74, 6) is 1.68. The molecule has 0 spiro atoms. The van der Waals surface area contributed by atoms with Crippen LogP contribution in [0.1, 0.15) is 36.3 Å². The van der Waals surface area contributed by atoms with E-state index in [0.29, 0.717) is 18.9 Å². The summed E-state index contributed by atoms with van der Waals surface area (Å²) in [4.78, 5) is 15.9. The Bertz CT molecular complexity index is 942. The number of para-hydroxylation sites is 1. The van der Waals surface area contributed by atoms with Crippen molar-refractivity contribution >= 4 is 16.8 Å². The van der Waals surface area contributed by atoms with Gasteiger partial charge in [0.1, 0.15) is 5.75 Å². The summed E-state index contributed by atoms with van der Waals surface area (Å²) in [6.45, 7) is 2.69. The highest BCUT2D eigenvalue weighted by molar-refractivity contribution is 5.84.